The highest BCUT2D eigenvalue weighted by Gasteiger charge is 2.14. The van der Waals surface area contributed by atoms with Crippen LogP contribution in [0.25, 0.3) is 0 Å². The molecule has 0 aromatic heterocycles. The predicted octanol–water partition coefficient (Wildman–Crippen LogP) is 2.28. The maximum atomic E-state index is 11.8. The maximum Gasteiger partial charge on any atom is 0.273 e. The number of ether oxygens (including phenoxy) is 1. The SMILES string of the molecule is Cc1ccc(C(=O)NCCCOCCCl)cc1[N+](=O)[O-]. The first-order chi connectivity index (χ1) is 9.56. The molecule has 1 rings (SSSR count). The lowest BCUT2D eigenvalue weighted by atomic mass is 10.1. The molecule has 7 heteroatoms. The summed E-state index contributed by atoms with van der Waals surface area (Å²) in [7, 11) is 0. The number of aryl methyl sites for hydroxylation is 1. The summed E-state index contributed by atoms with van der Waals surface area (Å²) < 4.78 is 5.16. The molecule has 0 unspecified atom stereocenters. The Morgan fingerprint density at radius 2 is 2.20 bits per heavy atom. The zero-order valence-corrected chi connectivity index (χ0v) is 12.0. The minimum absolute atomic E-state index is 0.0527. The van der Waals surface area contributed by atoms with E-state index in [0.717, 1.165) is 0 Å². The smallest absolute Gasteiger partial charge is 0.273 e. The lowest BCUT2D eigenvalue weighted by Gasteiger charge is -2.06. The summed E-state index contributed by atoms with van der Waals surface area (Å²) in [6.45, 7) is 3.08. The monoisotopic (exact) mass is 300 g/mol. The third kappa shape index (κ3) is 5.14. The van der Waals surface area contributed by atoms with Crippen LogP contribution in [0.5, 0.6) is 0 Å². The van der Waals surface area contributed by atoms with E-state index in [-0.39, 0.29) is 17.2 Å². The molecule has 0 atom stereocenters. The van der Waals surface area contributed by atoms with E-state index in [0.29, 0.717) is 37.6 Å². The second kappa shape index (κ2) is 8.50. The summed E-state index contributed by atoms with van der Waals surface area (Å²) in [5, 5.41) is 13.5. The summed E-state index contributed by atoms with van der Waals surface area (Å²) in [5.74, 6) is 0.116. The summed E-state index contributed by atoms with van der Waals surface area (Å²) in [6.07, 6.45) is 0.663. The number of rotatable bonds is 8. The fourth-order valence-corrected chi connectivity index (χ4v) is 1.69. The number of carbonyl (C=O) groups excluding carboxylic acids is 1. The Kier molecular flexibility index (Phi) is 6.97. The van der Waals surface area contributed by atoms with Gasteiger partial charge in [0.1, 0.15) is 0 Å². The van der Waals surface area contributed by atoms with Gasteiger partial charge in [-0.2, -0.15) is 0 Å². The van der Waals surface area contributed by atoms with E-state index in [1.54, 1.807) is 19.1 Å². The Bertz CT molecular complexity index is 479. The summed E-state index contributed by atoms with van der Waals surface area (Å²) in [4.78, 5) is 22.1. The Morgan fingerprint density at radius 1 is 1.45 bits per heavy atom. The van der Waals surface area contributed by atoms with Crippen molar-refractivity contribution in [2.75, 3.05) is 25.6 Å². The highest BCUT2D eigenvalue weighted by atomic mass is 35.5. The number of alkyl halides is 1. The van der Waals surface area contributed by atoms with Crippen LogP contribution >= 0.6 is 11.6 Å². The van der Waals surface area contributed by atoms with Crippen LogP contribution in [0, 0.1) is 17.0 Å². The van der Waals surface area contributed by atoms with Crippen molar-refractivity contribution in [3.8, 4) is 0 Å². The lowest BCUT2D eigenvalue weighted by Crippen LogP contribution is -2.25. The van der Waals surface area contributed by atoms with E-state index in [1.807, 2.05) is 0 Å². The minimum atomic E-state index is -0.494. The second-order valence-corrected chi connectivity index (χ2v) is 4.55. The second-order valence-electron chi connectivity index (χ2n) is 4.17. The largest absolute Gasteiger partial charge is 0.380 e. The third-order valence-electron chi connectivity index (χ3n) is 2.64. The highest BCUT2D eigenvalue weighted by Crippen LogP contribution is 2.19. The number of nitro groups is 1. The van der Waals surface area contributed by atoms with Crippen molar-refractivity contribution >= 4 is 23.2 Å². The Morgan fingerprint density at radius 3 is 2.85 bits per heavy atom. The number of hydrogen-bond donors (Lipinski definition) is 1. The van der Waals surface area contributed by atoms with Gasteiger partial charge in [0.15, 0.2) is 0 Å². The first kappa shape index (κ1) is 16.4. The van der Waals surface area contributed by atoms with Crippen LogP contribution in [-0.2, 0) is 4.74 Å². The van der Waals surface area contributed by atoms with Crippen molar-refractivity contribution in [2.45, 2.75) is 13.3 Å². The normalized spacial score (nSPS) is 10.3. The van der Waals surface area contributed by atoms with Gasteiger partial charge >= 0.3 is 0 Å². The van der Waals surface area contributed by atoms with Gasteiger partial charge in [-0.05, 0) is 19.4 Å². The number of nitrogens with one attached hydrogen (secondary N) is 1. The van der Waals surface area contributed by atoms with Gasteiger partial charge < -0.3 is 10.1 Å². The summed E-state index contributed by atoms with van der Waals surface area (Å²) >= 11 is 5.45. The molecule has 0 heterocycles. The van der Waals surface area contributed by atoms with E-state index in [1.165, 1.54) is 6.07 Å². The molecule has 6 nitrogen and oxygen atoms in total. The maximum absolute atomic E-state index is 11.8. The summed E-state index contributed by atoms with van der Waals surface area (Å²) in [5.41, 5.74) is 0.757. The van der Waals surface area contributed by atoms with Crippen LogP contribution in [0.1, 0.15) is 22.3 Å². The van der Waals surface area contributed by atoms with Crippen molar-refractivity contribution in [3.05, 3.63) is 39.4 Å². The molecule has 0 saturated carbocycles. The number of nitrogens with zero attached hydrogens (tertiary/aromatic N) is 1. The van der Waals surface area contributed by atoms with Crippen LogP contribution in [0.3, 0.4) is 0 Å². The molecule has 0 spiro atoms. The first-order valence-electron chi connectivity index (χ1n) is 6.23. The zero-order valence-electron chi connectivity index (χ0n) is 11.2. The van der Waals surface area contributed by atoms with Crippen molar-refractivity contribution in [1.29, 1.82) is 0 Å². The van der Waals surface area contributed by atoms with Gasteiger partial charge in [0.05, 0.1) is 11.5 Å². The molecule has 20 heavy (non-hydrogen) atoms. The van der Waals surface area contributed by atoms with Crippen molar-refractivity contribution in [2.24, 2.45) is 0 Å². The molecule has 0 aliphatic heterocycles. The summed E-state index contributed by atoms with van der Waals surface area (Å²) in [6, 6.07) is 4.42. The van der Waals surface area contributed by atoms with Crippen molar-refractivity contribution < 1.29 is 14.5 Å². The van der Waals surface area contributed by atoms with Gasteiger partial charge in [0.25, 0.3) is 11.6 Å². The standard InChI is InChI=1S/C13H17ClN2O4/c1-10-3-4-11(9-12(10)16(18)19)13(17)15-6-2-7-20-8-5-14/h3-4,9H,2,5-8H2,1H3,(H,15,17). The Labute approximate surface area is 122 Å². The van der Waals surface area contributed by atoms with Crippen LogP contribution in [-0.4, -0.2) is 36.5 Å². The molecule has 0 fully saturated rings. The molecule has 0 bridgehead atoms. The van der Waals surface area contributed by atoms with Gasteiger partial charge in [0.2, 0.25) is 0 Å². The van der Waals surface area contributed by atoms with Crippen molar-refractivity contribution in [1.82, 2.24) is 5.32 Å². The van der Waals surface area contributed by atoms with E-state index in [4.69, 9.17) is 16.3 Å². The predicted molar refractivity (Wildman–Crippen MR) is 76.3 cm³/mol. The molecule has 0 aliphatic rings. The average molecular weight is 301 g/mol. The molecule has 1 N–H and O–H groups in total. The molecule has 0 aliphatic carbocycles. The molecule has 0 saturated heterocycles. The fourth-order valence-electron chi connectivity index (χ4n) is 1.58. The van der Waals surface area contributed by atoms with Gasteiger partial charge in [-0.15, -0.1) is 11.6 Å². The quantitative estimate of drug-likeness (QED) is 0.345. The Hall–Kier alpha value is -1.66. The van der Waals surface area contributed by atoms with Crippen molar-refractivity contribution in [3.63, 3.8) is 0 Å². The lowest BCUT2D eigenvalue weighted by molar-refractivity contribution is -0.385. The van der Waals surface area contributed by atoms with E-state index >= 15 is 0 Å². The van der Waals surface area contributed by atoms with Gasteiger partial charge in [0, 0.05) is 36.2 Å². The number of hydrogen-bond acceptors (Lipinski definition) is 4. The molecule has 1 aromatic rings. The van der Waals surface area contributed by atoms with Crippen LogP contribution < -0.4 is 5.32 Å². The van der Waals surface area contributed by atoms with Crippen LogP contribution in [0.4, 0.5) is 5.69 Å². The van der Waals surface area contributed by atoms with Crippen LogP contribution in [0.2, 0.25) is 0 Å². The minimum Gasteiger partial charge on any atom is -0.380 e. The van der Waals surface area contributed by atoms with E-state index < -0.39 is 4.92 Å². The molecule has 1 aromatic carbocycles. The Balaban J connectivity index is 2.47. The number of halogens is 1. The number of nitro benzene ring substituents is 1. The number of amides is 1. The topological polar surface area (TPSA) is 81.5 Å². The molecule has 0 radical (unpaired) electrons. The molecule has 1 amide bonds. The van der Waals surface area contributed by atoms with Gasteiger partial charge in [-0.3, -0.25) is 14.9 Å². The molecule has 110 valence electrons. The third-order valence-corrected chi connectivity index (χ3v) is 2.79. The van der Waals surface area contributed by atoms with Crippen LogP contribution in [0.15, 0.2) is 18.2 Å². The zero-order chi connectivity index (χ0) is 15.0. The van der Waals surface area contributed by atoms with E-state index in [2.05, 4.69) is 5.32 Å². The fraction of sp³-hybridized carbons (Fsp3) is 0.462. The average Bonchev–Trinajstić information content (AvgIpc) is 2.42. The number of carbonyl (C=O) groups is 1. The number of benzene rings is 1. The first-order valence-corrected chi connectivity index (χ1v) is 6.76. The molecular formula is C13H17ClN2O4. The van der Waals surface area contributed by atoms with Gasteiger partial charge in [-0.1, -0.05) is 6.07 Å². The molecular weight excluding hydrogens is 284 g/mol. The van der Waals surface area contributed by atoms with E-state index in [9.17, 15) is 14.9 Å². The van der Waals surface area contributed by atoms with Gasteiger partial charge in [-0.25, -0.2) is 0 Å². The highest BCUT2D eigenvalue weighted by molar-refractivity contribution is 6.17.